The van der Waals surface area contributed by atoms with E-state index in [0.29, 0.717) is 18.8 Å². The molecule has 6 heteroatoms. The third-order valence-electron chi connectivity index (χ3n) is 3.79. The molecular weight excluding hydrogens is 270 g/mol. The molecule has 1 aromatic carbocycles. The van der Waals surface area contributed by atoms with Gasteiger partial charge in [-0.25, -0.2) is 9.78 Å². The Balaban J connectivity index is 1.87. The Morgan fingerprint density at radius 3 is 2.76 bits per heavy atom. The number of nitrogens with zero attached hydrogens (tertiary/aromatic N) is 3. The zero-order valence-electron chi connectivity index (χ0n) is 11.6. The highest BCUT2D eigenvalue weighted by atomic mass is 16.4. The lowest BCUT2D eigenvalue weighted by molar-refractivity contribution is 0.0696. The summed E-state index contributed by atoms with van der Waals surface area (Å²) < 4.78 is 1.69. The minimum absolute atomic E-state index is 0.0821. The minimum Gasteiger partial charge on any atom is -0.478 e. The molecule has 2 aromatic rings. The first-order valence-electron chi connectivity index (χ1n) is 6.67. The molecule has 1 aliphatic heterocycles. The van der Waals surface area contributed by atoms with Crippen LogP contribution in [-0.4, -0.2) is 38.0 Å². The zero-order valence-corrected chi connectivity index (χ0v) is 11.6. The summed E-state index contributed by atoms with van der Waals surface area (Å²) in [5, 5.41) is 9.06. The quantitative estimate of drug-likeness (QED) is 0.903. The molecule has 0 aliphatic carbocycles. The van der Waals surface area contributed by atoms with Crippen molar-refractivity contribution in [2.24, 2.45) is 7.05 Å². The van der Waals surface area contributed by atoms with Crippen LogP contribution in [0.5, 0.6) is 0 Å². The number of aryl methyl sites for hydroxylation is 1. The van der Waals surface area contributed by atoms with Crippen molar-refractivity contribution >= 4 is 11.9 Å². The van der Waals surface area contributed by atoms with E-state index >= 15 is 0 Å². The highest BCUT2D eigenvalue weighted by molar-refractivity contribution is 5.92. The van der Waals surface area contributed by atoms with Gasteiger partial charge in [0.1, 0.15) is 5.69 Å². The van der Waals surface area contributed by atoms with Crippen LogP contribution < -0.4 is 0 Å². The van der Waals surface area contributed by atoms with Gasteiger partial charge in [-0.2, -0.15) is 0 Å². The summed E-state index contributed by atoms with van der Waals surface area (Å²) in [6.45, 7) is 1.06. The van der Waals surface area contributed by atoms with Crippen molar-refractivity contribution in [3.8, 4) is 0 Å². The molecule has 0 unspecified atom stereocenters. The van der Waals surface area contributed by atoms with Crippen molar-refractivity contribution in [3.05, 3.63) is 53.1 Å². The second-order valence-corrected chi connectivity index (χ2v) is 5.16. The molecule has 1 amide bonds. The van der Waals surface area contributed by atoms with Gasteiger partial charge in [0, 0.05) is 20.1 Å². The first kappa shape index (κ1) is 13.4. The molecule has 0 saturated carbocycles. The Labute approximate surface area is 121 Å². The van der Waals surface area contributed by atoms with Gasteiger partial charge < -0.3 is 14.6 Å². The van der Waals surface area contributed by atoms with Crippen LogP contribution in [0.4, 0.5) is 0 Å². The van der Waals surface area contributed by atoms with E-state index in [2.05, 4.69) is 4.98 Å². The van der Waals surface area contributed by atoms with Crippen LogP contribution in [0.15, 0.2) is 30.7 Å². The van der Waals surface area contributed by atoms with E-state index in [4.69, 9.17) is 5.11 Å². The maximum absolute atomic E-state index is 12.5. The van der Waals surface area contributed by atoms with Crippen molar-refractivity contribution in [1.29, 1.82) is 0 Å². The van der Waals surface area contributed by atoms with Gasteiger partial charge in [-0.3, -0.25) is 4.79 Å². The van der Waals surface area contributed by atoms with Gasteiger partial charge in [-0.1, -0.05) is 6.07 Å². The van der Waals surface area contributed by atoms with Crippen LogP contribution in [-0.2, 0) is 20.0 Å². The Morgan fingerprint density at radius 1 is 1.29 bits per heavy atom. The molecule has 0 bridgehead atoms. The molecule has 0 radical (unpaired) electrons. The number of hydrogen-bond acceptors (Lipinski definition) is 3. The molecule has 0 spiro atoms. The van der Waals surface area contributed by atoms with Crippen LogP contribution >= 0.6 is 0 Å². The number of hydrogen-bond donors (Lipinski definition) is 1. The molecule has 6 nitrogen and oxygen atoms in total. The Bertz CT molecular complexity index is 721. The van der Waals surface area contributed by atoms with Crippen LogP contribution in [0.3, 0.4) is 0 Å². The smallest absolute Gasteiger partial charge is 0.335 e. The number of benzene rings is 1. The largest absolute Gasteiger partial charge is 0.478 e. The molecule has 1 aliphatic rings. The van der Waals surface area contributed by atoms with Gasteiger partial charge in [0.15, 0.2) is 0 Å². The number of imidazole rings is 1. The van der Waals surface area contributed by atoms with E-state index in [1.165, 1.54) is 0 Å². The van der Waals surface area contributed by atoms with Crippen LogP contribution in [0.1, 0.15) is 32.0 Å². The molecular formula is C15H15N3O3. The highest BCUT2D eigenvalue weighted by Gasteiger charge is 2.24. The molecule has 2 heterocycles. The van der Waals surface area contributed by atoms with Gasteiger partial charge in [-0.05, 0) is 29.7 Å². The summed E-state index contributed by atoms with van der Waals surface area (Å²) >= 11 is 0. The lowest BCUT2D eigenvalue weighted by Crippen LogP contribution is -2.36. The van der Waals surface area contributed by atoms with E-state index in [9.17, 15) is 9.59 Å². The SMILES string of the molecule is Cn1cncc1C(=O)N1CCc2ccc(C(=O)O)cc2C1. The summed E-state index contributed by atoms with van der Waals surface area (Å²) in [5.41, 5.74) is 2.79. The third-order valence-corrected chi connectivity index (χ3v) is 3.79. The van der Waals surface area contributed by atoms with E-state index in [0.717, 1.165) is 17.5 Å². The summed E-state index contributed by atoms with van der Waals surface area (Å²) in [5.74, 6) is -1.03. The van der Waals surface area contributed by atoms with E-state index in [1.54, 1.807) is 41.2 Å². The fraction of sp³-hybridized carbons (Fsp3) is 0.267. The Hall–Kier alpha value is -2.63. The Kier molecular flexibility index (Phi) is 3.21. The minimum atomic E-state index is -0.951. The fourth-order valence-corrected chi connectivity index (χ4v) is 2.59. The number of amides is 1. The number of carboxylic acid groups (broad SMARTS) is 1. The van der Waals surface area contributed by atoms with E-state index in [-0.39, 0.29) is 11.5 Å². The zero-order chi connectivity index (χ0) is 15.0. The molecule has 1 N–H and O–H groups in total. The molecule has 0 saturated heterocycles. The average molecular weight is 285 g/mol. The average Bonchev–Trinajstić information content (AvgIpc) is 2.91. The molecule has 0 atom stereocenters. The van der Waals surface area contributed by atoms with Gasteiger partial charge in [0.2, 0.25) is 0 Å². The standard InChI is InChI=1S/C15H15N3O3/c1-17-9-16-7-13(17)14(19)18-5-4-10-2-3-11(15(20)21)6-12(10)8-18/h2-3,6-7,9H,4-5,8H2,1H3,(H,20,21). The summed E-state index contributed by atoms with van der Waals surface area (Å²) in [7, 11) is 1.78. The first-order valence-corrected chi connectivity index (χ1v) is 6.67. The molecule has 0 fully saturated rings. The molecule has 21 heavy (non-hydrogen) atoms. The van der Waals surface area contributed by atoms with E-state index in [1.807, 2.05) is 6.07 Å². The normalized spacial score (nSPS) is 13.9. The number of aromatic carboxylic acids is 1. The van der Waals surface area contributed by atoms with Crippen LogP contribution in [0.25, 0.3) is 0 Å². The number of carbonyl (C=O) groups excluding carboxylic acids is 1. The van der Waals surface area contributed by atoms with Gasteiger partial charge in [-0.15, -0.1) is 0 Å². The van der Waals surface area contributed by atoms with E-state index < -0.39 is 5.97 Å². The third kappa shape index (κ3) is 2.40. The predicted octanol–water partition coefficient (Wildman–Crippen LogP) is 1.32. The summed E-state index contributed by atoms with van der Waals surface area (Å²) in [6.07, 6.45) is 3.87. The fourth-order valence-electron chi connectivity index (χ4n) is 2.59. The van der Waals surface area contributed by atoms with Gasteiger partial charge in [0.05, 0.1) is 18.1 Å². The predicted molar refractivity (Wildman–Crippen MR) is 75.1 cm³/mol. The summed E-state index contributed by atoms with van der Waals surface area (Å²) in [4.78, 5) is 29.2. The monoisotopic (exact) mass is 285 g/mol. The maximum Gasteiger partial charge on any atom is 0.335 e. The number of carbonyl (C=O) groups is 2. The topological polar surface area (TPSA) is 75.4 Å². The van der Waals surface area contributed by atoms with Gasteiger partial charge >= 0.3 is 5.97 Å². The van der Waals surface area contributed by atoms with Crippen molar-refractivity contribution < 1.29 is 14.7 Å². The molecule has 3 rings (SSSR count). The number of rotatable bonds is 2. The lowest BCUT2D eigenvalue weighted by atomic mass is 9.97. The highest BCUT2D eigenvalue weighted by Crippen LogP contribution is 2.22. The second-order valence-electron chi connectivity index (χ2n) is 5.16. The van der Waals surface area contributed by atoms with Crippen molar-refractivity contribution in [2.45, 2.75) is 13.0 Å². The number of carboxylic acids is 1. The second kappa shape index (κ2) is 5.05. The summed E-state index contributed by atoms with van der Waals surface area (Å²) in [6, 6.07) is 5.10. The van der Waals surface area contributed by atoms with Crippen molar-refractivity contribution in [2.75, 3.05) is 6.54 Å². The van der Waals surface area contributed by atoms with Crippen molar-refractivity contribution in [1.82, 2.24) is 14.5 Å². The van der Waals surface area contributed by atoms with Crippen molar-refractivity contribution in [3.63, 3.8) is 0 Å². The molecule has 108 valence electrons. The van der Waals surface area contributed by atoms with Crippen LogP contribution in [0.2, 0.25) is 0 Å². The number of fused-ring (bicyclic) bond motifs is 1. The first-order chi connectivity index (χ1) is 10.1. The van der Waals surface area contributed by atoms with Crippen LogP contribution in [0, 0.1) is 0 Å². The Morgan fingerprint density at radius 2 is 2.10 bits per heavy atom. The molecule has 1 aromatic heterocycles. The lowest BCUT2D eigenvalue weighted by Gasteiger charge is -2.29. The van der Waals surface area contributed by atoms with Gasteiger partial charge in [0.25, 0.3) is 5.91 Å². The maximum atomic E-state index is 12.5. The number of aromatic nitrogens is 2.